The standard InChI is InChI=1S/C40H47N7O4/c1-40(2,3)51-39(49)43-33-28-19-30(44(4)21-24-11-8-7-9-12-24)35(33)47(23-28)38(48)27-17-29-34(32(20-27)50-6)45(5)37(42-29)31-18-26-13-10-16-41-36(26)46(31)22-25-14-15-25/h7-13,16-18,20,25,28,30,33,35H,14-15,19,21-23H2,1-6H3,(H,43,49)/t28-,30+,33-,35-/m1/s1. The van der Waals surface area contributed by atoms with E-state index in [9.17, 15) is 9.59 Å². The van der Waals surface area contributed by atoms with Crippen LogP contribution in [-0.2, 0) is 24.9 Å². The van der Waals surface area contributed by atoms with Crippen molar-refractivity contribution in [2.75, 3.05) is 20.7 Å². The molecule has 1 N–H and O–H groups in total. The number of pyridine rings is 1. The molecule has 2 aliphatic carbocycles. The number of hydrogen-bond acceptors (Lipinski definition) is 7. The van der Waals surface area contributed by atoms with Crippen LogP contribution in [0.25, 0.3) is 33.6 Å². The van der Waals surface area contributed by atoms with Crippen molar-refractivity contribution in [2.45, 2.75) is 76.8 Å². The largest absolute Gasteiger partial charge is 0.494 e. The molecule has 1 saturated heterocycles. The van der Waals surface area contributed by atoms with Crippen LogP contribution in [0, 0.1) is 11.8 Å². The van der Waals surface area contributed by atoms with E-state index in [0.29, 0.717) is 29.3 Å². The Morgan fingerprint density at radius 3 is 2.57 bits per heavy atom. The van der Waals surface area contributed by atoms with E-state index in [2.05, 4.69) is 50.7 Å². The molecule has 11 heteroatoms. The first-order chi connectivity index (χ1) is 24.5. The van der Waals surface area contributed by atoms with Gasteiger partial charge in [-0.15, -0.1) is 0 Å². The topological polar surface area (TPSA) is 107 Å². The average Bonchev–Trinajstić information content (AvgIpc) is 3.47. The fourth-order valence-electron chi connectivity index (χ4n) is 8.37. The number of likely N-dealkylation sites (tertiary alicyclic amines) is 1. The molecule has 1 aliphatic heterocycles. The molecule has 3 fully saturated rings. The summed E-state index contributed by atoms with van der Waals surface area (Å²) in [6.45, 7) is 7.76. The SMILES string of the molecule is COc1cc(C(=O)N2C[C@H]3C[C@H](N(C)Cc4ccccc4)[C@@H]2[C@@H]3NC(=O)OC(C)(C)C)cc2nc(-c3cc4cccnc4n3CC3CC3)n(C)c12. The minimum Gasteiger partial charge on any atom is -0.494 e. The molecule has 3 aromatic heterocycles. The number of nitrogens with zero attached hydrogens (tertiary/aromatic N) is 6. The van der Waals surface area contributed by atoms with Crippen molar-refractivity contribution in [3.8, 4) is 17.3 Å². The molecular weight excluding hydrogens is 642 g/mol. The second kappa shape index (κ2) is 12.7. The monoisotopic (exact) mass is 689 g/mol. The molecule has 4 atom stereocenters. The van der Waals surface area contributed by atoms with Crippen LogP contribution in [0.4, 0.5) is 4.79 Å². The molecular formula is C40H47N7O4. The molecule has 0 spiro atoms. The number of carbonyl (C=O) groups is 2. The lowest BCUT2D eigenvalue weighted by atomic mass is 10.0. The highest BCUT2D eigenvalue weighted by Crippen LogP contribution is 2.43. The van der Waals surface area contributed by atoms with Gasteiger partial charge in [-0.1, -0.05) is 30.3 Å². The maximum atomic E-state index is 14.7. The summed E-state index contributed by atoms with van der Waals surface area (Å²) in [4.78, 5) is 41.9. The molecule has 2 saturated carbocycles. The fraction of sp³-hybridized carbons (Fsp3) is 0.450. The van der Waals surface area contributed by atoms with Gasteiger partial charge < -0.3 is 28.8 Å². The molecule has 5 aromatic rings. The number of piperidine rings is 1. The third kappa shape index (κ3) is 6.22. The Labute approximate surface area is 298 Å². The highest BCUT2D eigenvalue weighted by atomic mass is 16.6. The van der Waals surface area contributed by atoms with E-state index >= 15 is 0 Å². The van der Waals surface area contributed by atoms with E-state index < -0.39 is 11.7 Å². The summed E-state index contributed by atoms with van der Waals surface area (Å²) < 4.78 is 16.0. The molecule has 51 heavy (non-hydrogen) atoms. The number of ether oxygens (including phenoxy) is 2. The quantitative estimate of drug-likeness (QED) is 0.195. The van der Waals surface area contributed by atoms with E-state index in [0.717, 1.165) is 47.6 Å². The summed E-state index contributed by atoms with van der Waals surface area (Å²) >= 11 is 0. The molecule has 4 heterocycles. The molecule has 0 radical (unpaired) electrons. The summed E-state index contributed by atoms with van der Waals surface area (Å²) in [6.07, 6.45) is 4.70. The van der Waals surface area contributed by atoms with Gasteiger partial charge in [-0.3, -0.25) is 9.69 Å². The van der Waals surface area contributed by atoms with Crippen LogP contribution in [0.5, 0.6) is 5.75 Å². The molecule has 266 valence electrons. The third-order valence-electron chi connectivity index (χ3n) is 10.8. The summed E-state index contributed by atoms with van der Waals surface area (Å²) in [7, 11) is 5.74. The van der Waals surface area contributed by atoms with Gasteiger partial charge in [0.15, 0.2) is 5.82 Å². The number of hydrogen-bond donors (Lipinski definition) is 1. The summed E-state index contributed by atoms with van der Waals surface area (Å²) in [5.74, 6) is 2.02. The Morgan fingerprint density at radius 2 is 1.84 bits per heavy atom. The molecule has 0 unspecified atom stereocenters. The molecule has 2 aromatic carbocycles. The fourth-order valence-corrected chi connectivity index (χ4v) is 8.37. The number of aromatic nitrogens is 4. The lowest BCUT2D eigenvalue weighted by Gasteiger charge is -2.38. The molecule has 2 amide bonds. The Bertz CT molecular complexity index is 2110. The van der Waals surface area contributed by atoms with E-state index in [-0.39, 0.29) is 30.0 Å². The number of nitrogens with one attached hydrogen (secondary N) is 1. The second-order valence-electron chi connectivity index (χ2n) is 15.6. The van der Waals surface area contributed by atoms with Crippen LogP contribution >= 0.6 is 0 Å². The number of amides is 2. The zero-order chi connectivity index (χ0) is 35.6. The van der Waals surface area contributed by atoms with Gasteiger partial charge in [0.05, 0.1) is 30.4 Å². The average molecular weight is 690 g/mol. The van der Waals surface area contributed by atoms with Gasteiger partial charge in [0.2, 0.25) is 0 Å². The predicted octanol–water partition coefficient (Wildman–Crippen LogP) is 6.25. The maximum absolute atomic E-state index is 14.7. The van der Waals surface area contributed by atoms with Crippen molar-refractivity contribution < 1.29 is 19.1 Å². The Kier molecular flexibility index (Phi) is 8.28. The smallest absolute Gasteiger partial charge is 0.407 e. The maximum Gasteiger partial charge on any atom is 0.407 e. The lowest BCUT2D eigenvalue weighted by Crippen LogP contribution is -2.55. The van der Waals surface area contributed by atoms with Crippen molar-refractivity contribution in [1.29, 1.82) is 0 Å². The van der Waals surface area contributed by atoms with Crippen LogP contribution in [0.15, 0.2) is 66.9 Å². The Balaban J connectivity index is 1.14. The zero-order valence-corrected chi connectivity index (χ0v) is 30.3. The first-order valence-corrected chi connectivity index (χ1v) is 18.0. The number of benzene rings is 2. The first kappa shape index (κ1) is 33.3. The van der Waals surface area contributed by atoms with Crippen LogP contribution < -0.4 is 10.1 Å². The Morgan fingerprint density at radius 1 is 1.06 bits per heavy atom. The second-order valence-corrected chi connectivity index (χ2v) is 15.6. The number of carbonyl (C=O) groups excluding carboxylic acids is 2. The highest BCUT2D eigenvalue weighted by Gasteiger charge is 2.56. The van der Waals surface area contributed by atoms with Crippen molar-refractivity contribution in [2.24, 2.45) is 18.9 Å². The molecule has 2 bridgehead atoms. The van der Waals surface area contributed by atoms with E-state index in [1.54, 1.807) is 7.11 Å². The van der Waals surface area contributed by atoms with E-state index in [1.807, 2.05) is 75.3 Å². The number of aryl methyl sites for hydroxylation is 1. The molecule has 11 nitrogen and oxygen atoms in total. The molecule has 3 aliphatic rings. The highest BCUT2D eigenvalue weighted by molar-refractivity contribution is 6.00. The number of methoxy groups -OCH3 is 1. The summed E-state index contributed by atoms with van der Waals surface area (Å²) in [5.41, 5.74) is 4.56. The first-order valence-electron chi connectivity index (χ1n) is 18.0. The van der Waals surface area contributed by atoms with Crippen molar-refractivity contribution in [1.82, 2.24) is 34.2 Å². The Hall–Kier alpha value is -4.90. The van der Waals surface area contributed by atoms with Gasteiger partial charge >= 0.3 is 6.09 Å². The third-order valence-corrected chi connectivity index (χ3v) is 10.8. The van der Waals surface area contributed by atoms with Crippen LogP contribution in [0.3, 0.4) is 0 Å². The number of likely N-dealkylation sites (N-methyl/N-ethyl adjacent to an activating group) is 1. The summed E-state index contributed by atoms with van der Waals surface area (Å²) in [5, 5.41) is 4.25. The van der Waals surface area contributed by atoms with Gasteiger partial charge in [0, 0.05) is 55.8 Å². The lowest BCUT2D eigenvalue weighted by molar-refractivity contribution is 0.0448. The van der Waals surface area contributed by atoms with Gasteiger partial charge in [-0.25, -0.2) is 14.8 Å². The number of rotatable bonds is 9. The normalized spacial score (nSPS) is 21.6. The van der Waals surface area contributed by atoms with Gasteiger partial charge in [-0.2, -0.15) is 0 Å². The minimum absolute atomic E-state index is 0.0434. The zero-order valence-electron chi connectivity index (χ0n) is 30.3. The van der Waals surface area contributed by atoms with Crippen LogP contribution in [0.1, 0.15) is 56.0 Å². The number of imidazole rings is 1. The van der Waals surface area contributed by atoms with Crippen molar-refractivity contribution >= 4 is 34.1 Å². The number of fused-ring (bicyclic) bond motifs is 4. The summed E-state index contributed by atoms with van der Waals surface area (Å²) in [6, 6.07) is 19.9. The molecule has 8 rings (SSSR count). The van der Waals surface area contributed by atoms with Gasteiger partial charge in [0.25, 0.3) is 5.91 Å². The van der Waals surface area contributed by atoms with E-state index in [1.165, 1.54) is 18.4 Å². The van der Waals surface area contributed by atoms with Crippen LogP contribution in [0.2, 0.25) is 0 Å². The van der Waals surface area contributed by atoms with E-state index in [4.69, 9.17) is 19.4 Å². The number of alkyl carbamates (subject to hydrolysis) is 1. The van der Waals surface area contributed by atoms with Crippen molar-refractivity contribution in [3.05, 3.63) is 78.0 Å². The minimum atomic E-state index is -0.628. The van der Waals surface area contributed by atoms with Crippen molar-refractivity contribution in [3.63, 3.8) is 0 Å². The van der Waals surface area contributed by atoms with Gasteiger partial charge in [0.1, 0.15) is 22.5 Å². The van der Waals surface area contributed by atoms with Crippen LogP contribution in [-0.4, -0.2) is 85.3 Å². The predicted molar refractivity (Wildman–Crippen MR) is 197 cm³/mol. The van der Waals surface area contributed by atoms with Gasteiger partial charge in [-0.05, 0) is 88.9 Å².